The quantitative estimate of drug-likeness (QED) is 0.520. The van der Waals surface area contributed by atoms with Gasteiger partial charge in [-0.1, -0.05) is 42.6 Å². The number of sulfonamides is 1. The molecular formula is C26H29ClN4O3S. The number of anilines is 1. The molecule has 2 aromatic carbocycles. The van der Waals surface area contributed by atoms with Crippen molar-refractivity contribution in [2.45, 2.75) is 30.6 Å². The summed E-state index contributed by atoms with van der Waals surface area (Å²) < 4.78 is 28.7. The monoisotopic (exact) mass is 512 g/mol. The third kappa shape index (κ3) is 5.29. The number of aromatic nitrogens is 1. The van der Waals surface area contributed by atoms with Crippen LogP contribution >= 0.6 is 11.6 Å². The summed E-state index contributed by atoms with van der Waals surface area (Å²) >= 11 is 6.45. The van der Waals surface area contributed by atoms with Crippen molar-refractivity contribution in [2.75, 3.05) is 37.4 Å². The van der Waals surface area contributed by atoms with Crippen LogP contribution in [-0.2, 0) is 10.0 Å². The molecule has 0 bridgehead atoms. The third-order valence-corrected chi connectivity index (χ3v) is 8.71. The van der Waals surface area contributed by atoms with Crippen molar-refractivity contribution in [3.8, 4) is 0 Å². The smallest absolute Gasteiger partial charge is 0.264 e. The van der Waals surface area contributed by atoms with Crippen molar-refractivity contribution in [3.05, 3.63) is 65.3 Å². The van der Waals surface area contributed by atoms with Crippen LogP contribution in [0.1, 0.15) is 36.0 Å². The molecule has 1 aliphatic carbocycles. The summed E-state index contributed by atoms with van der Waals surface area (Å²) in [5, 5.41) is 0.956. The zero-order chi connectivity index (χ0) is 24.4. The van der Waals surface area contributed by atoms with Gasteiger partial charge in [0.2, 0.25) is 0 Å². The average molecular weight is 513 g/mol. The van der Waals surface area contributed by atoms with E-state index in [-0.39, 0.29) is 15.8 Å². The Balaban J connectivity index is 1.26. The van der Waals surface area contributed by atoms with E-state index in [2.05, 4.69) is 14.6 Å². The molecule has 1 saturated heterocycles. The van der Waals surface area contributed by atoms with E-state index in [1.165, 1.54) is 37.8 Å². The number of nitrogens with one attached hydrogen (secondary N) is 1. The highest BCUT2D eigenvalue weighted by Crippen LogP contribution is 2.28. The summed E-state index contributed by atoms with van der Waals surface area (Å²) in [5.41, 5.74) is 1.07. The largest absolute Gasteiger partial charge is 0.336 e. The number of rotatable bonds is 6. The first kappa shape index (κ1) is 24.0. The summed E-state index contributed by atoms with van der Waals surface area (Å²) in [6.45, 7) is 4.21. The summed E-state index contributed by atoms with van der Waals surface area (Å²) in [4.78, 5) is 21.7. The Labute approximate surface area is 211 Å². The SMILES string of the molecule is O=C(c1ccc(NS(=O)(=O)c2cccc3cccnc23)cc1Cl)N1CCN(CC2CCCC2)CC1. The minimum absolute atomic E-state index is 0.0855. The maximum absolute atomic E-state index is 13.1. The molecule has 0 radical (unpaired) electrons. The van der Waals surface area contributed by atoms with Gasteiger partial charge in [0, 0.05) is 44.3 Å². The van der Waals surface area contributed by atoms with E-state index in [0.717, 1.165) is 30.9 Å². The number of nitrogens with zero attached hydrogens (tertiary/aromatic N) is 3. The minimum atomic E-state index is -3.90. The number of pyridine rings is 1. The van der Waals surface area contributed by atoms with E-state index < -0.39 is 10.0 Å². The van der Waals surface area contributed by atoms with Crippen LogP contribution in [0.3, 0.4) is 0 Å². The van der Waals surface area contributed by atoms with Crippen LogP contribution in [0.25, 0.3) is 10.9 Å². The van der Waals surface area contributed by atoms with Crippen molar-refractivity contribution in [1.82, 2.24) is 14.8 Å². The third-order valence-electron chi connectivity index (χ3n) is 6.99. The Morgan fingerprint density at radius 2 is 1.77 bits per heavy atom. The molecule has 3 aromatic rings. The van der Waals surface area contributed by atoms with E-state index >= 15 is 0 Å². The van der Waals surface area contributed by atoms with E-state index in [9.17, 15) is 13.2 Å². The van der Waals surface area contributed by atoms with Gasteiger partial charge in [0.15, 0.2) is 0 Å². The van der Waals surface area contributed by atoms with E-state index in [1.54, 1.807) is 30.5 Å². The lowest BCUT2D eigenvalue weighted by Gasteiger charge is -2.36. The summed E-state index contributed by atoms with van der Waals surface area (Å²) in [7, 11) is -3.90. The minimum Gasteiger partial charge on any atom is -0.336 e. The molecule has 2 heterocycles. The van der Waals surface area contributed by atoms with Crippen LogP contribution in [0.5, 0.6) is 0 Å². The molecule has 0 atom stereocenters. The fourth-order valence-electron chi connectivity index (χ4n) is 5.12. The zero-order valence-electron chi connectivity index (χ0n) is 19.5. The van der Waals surface area contributed by atoms with Crippen molar-refractivity contribution in [2.24, 2.45) is 5.92 Å². The Morgan fingerprint density at radius 3 is 2.51 bits per heavy atom. The van der Waals surface area contributed by atoms with Crippen molar-refractivity contribution in [3.63, 3.8) is 0 Å². The highest BCUT2D eigenvalue weighted by atomic mass is 35.5. The van der Waals surface area contributed by atoms with Gasteiger partial charge in [-0.15, -0.1) is 0 Å². The van der Waals surface area contributed by atoms with Crippen molar-refractivity contribution < 1.29 is 13.2 Å². The first-order valence-electron chi connectivity index (χ1n) is 12.1. The molecule has 35 heavy (non-hydrogen) atoms. The molecule has 2 aliphatic rings. The average Bonchev–Trinajstić information content (AvgIpc) is 3.37. The lowest BCUT2D eigenvalue weighted by atomic mass is 10.1. The molecule has 1 aliphatic heterocycles. The Kier molecular flexibility index (Phi) is 6.95. The maximum Gasteiger partial charge on any atom is 0.264 e. The van der Waals surface area contributed by atoms with Crippen molar-refractivity contribution >= 4 is 44.1 Å². The van der Waals surface area contributed by atoms with Gasteiger partial charge in [-0.25, -0.2) is 8.42 Å². The molecule has 5 rings (SSSR count). The topological polar surface area (TPSA) is 82.6 Å². The normalized spacial score (nSPS) is 17.7. The molecule has 2 fully saturated rings. The number of hydrogen-bond acceptors (Lipinski definition) is 5. The number of hydrogen-bond donors (Lipinski definition) is 1. The van der Waals surface area contributed by atoms with Gasteiger partial charge in [-0.2, -0.15) is 0 Å². The second kappa shape index (κ2) is 10.1. The van der Waals surface area contributed by atoms with Crippen LogP contribution in [-0.4, -0.2) is 61.8 Å². The number of benzene rings is 2. The number of halogens is 1. The van der Waals surface area contributed by atoms with Gasteiger partial charge < -0.3 is 4.90 Å². The molecule has 0 spiro atoms. The van der Waals surface area contributed by atoms with Crippen LogP contribution in [0.4, 0.5) is 5.69 Å². The predicted octanol–water partition coefficient (Wildman–Crippen LogP) is 4.64. The maximum atomic E-state index is 13.1. The molecule has 1 saturated carbocycles. The lowest BCUT2D eigenvalue weighted by molar-refractivity contribution is 0.0618. The summed E-state index contributed by atoms with van der Waals surface area (Å²) in [5.74, 6) is 0.677. The number of fused-ring (bicyclic) bond motifs is 1. The molecule has 1 aromatic heterocycles. The fraction of sp³-hybridized carbons (Fsp3) is 0.385. The summed E-state index contributed by atoms with van der Waals surface area (Å²) in [6, 6.07) is 13.2. The van der Waals surface area contributed by atoms with Gasteiger partial charge in [-0.3, -0.25) is 19.4 Å². The van der Waals surface area contributed by atoms with Gasteiger partial charge in [-0.05, 0) is 49.1 Å². The van der Waals surface area contributed by atoms with E-state index in [4.69, 9.17) is 11.6 Å². The van der Waals surface area contributed by atoms with Crippen LogP contribution in [0.15, 0.2) is 59.6 Å². The second-order valence-corrected chi connectivity index (χ2v) is 11.4. The number of carbonyl (C=O) groups excluding carboxylic acids is 1. The van der Waals surface area contributed by atoms with Crippen LogP contribution in [0.2, 0.25) is 5.02 Å². The highest BCUT2D eigenvalue weighted by Gasteiger charge is 2.26. The molecule has 9 heteroatoms. The first-order chi connectivity index (χ1) is 16.9. The fourth-order valence-corrected chi connectivity index (χ4v) is 6.61. The number of amides is 1. The standard InChI is InChI=1S/C26H29ClN4O3S/c27-23-17-21(29-35(33,34)24-9-3-7-20-8-4-12-28-25(20)24)10-11-22(23)26(32)31-15-13-30(14-16-31)18-19-5-1-2-6-19/h3-4,7-12,17,19,29H,1-2,5-6,13-16,18H2. The number of carbonyl (C=O) groups is 1. The molecular weight excluding hydrogens is 484 g/mol. The van der Waals surface area contributed by atoms with E-state index in [0.29, 0.717) is 29.9 Å². The number of para-hydroxylation sites is 1. The second-order valence-electron chi connectivity index (χ2n) is 9.37. The lowest BCUT2D eigenvalue weighted by Crippen LogP contribution is -2.49. The molecule has 1 N–H and O–H groups in total. The molecule has 1 amide bonds. The van der Waals surface area contributed by atoms with Gasteiger partial charge in [0.1, 0.15) is 4.90 Å². The molecule has 7 nitrogen and oxygen atoms in total. The highest BCUT2D eigenvalue weighted by molar-refractivity contribution is 7.93. The number of piperazine rings is 1. The Morgan fingerprint density at radius 1 is 1.03 bits per heavy atom. The van der Waals surface area contributed by atoms with Gasteiger partial charge in [0.25, 0.3) is 15.9 Å². The van der Waals surface area contributed by atoms with Crippen molar-refractivity contribution in [1.29, 1.82) is 0 Å². The Hall–Kier alpha value is -2.68. The van der Waals surface area contributed by atoms with Crippen LogP contribution in [0, 0.1) is 5.92 Å². The van der Waals surface area contributed by atoms with Gasteiger partial charge >= 0.3 is 0 Å². The Bertz CT molecular complexity index is 1330. The van der Waals surface area contributed by atoms with Crippen LogP contribution < -0.4 is 4.72 Å². The summed E-state index contributed by atoms with van der Waals surface area (Å²) in [6.07, 6.45) is 6.89. The molecule has 184 valence electrons. The van der Waals surface area contributed by atoms with Gasteiger partial charge in [0.05, 0.1) is 21.8 Å². The predicted molar refractivity (Wildman–Crippen MR) is 138 cm³/mol. The molecule has 0 unspecified atom stereocenters. The first-order valence-corrected chi connectivity index (χ1v) is 13.9. The van der Waals surface area contributed by atoms with E-state index in [1.807, 2.05) is 17.0 Å². The zero-order valence-corrected chi connectivity index (χ0v) is 21.1.